The molecule has 2 unspecified atom stereocenters. The van der Waals surface area contributed by atoms with Crippen molar-refractivity contribution in [3.05, 3.63) is 10.4 Å². The maximum absolute atomic E-state index is 8.13. The van der Waals surface area contributed by atoms with Crippen LogP contribution in [-0.4, -0.2) is 43.3 Å². The van der Waals surface area contributed by atoms with E-state index < -0.39 is 0 Å². The summed E-state index contributed by atoms with van der Waals surface area (Å²) in [4.78, 5) is 5.07. The molecular weight excluding hydrogens is 168 g/mol. The highest BCUT2D eigenvalue weighted by molar-refractivity contribution is 4.84. The van der Waals surface area contributed by atoms with Crippen molar-refractivity contribution in [3.8, 4) is 0 Å². The Hall–Kier alpha value is -0.770. The SMILES string of the molecule is [N-]=[N+]=NCCN1CC2CCC(C1)O2. The van der Waals surface area contributed by atoms with Gasteiger partial charge in [-0.25, -0.2) is 0 Å². The summed E-state index contributed by atoms with van der Waals surface area (Å²) in [6.45, 7) is 3.48. The maximum Gasteiger partial charge on any atom is 0.0707 e. The molecule has 0 N–H and O–H groups in total. The first-order chi connectivity index (χ1) is 6.38. The summed E-state index contributed by atoms with van der Waals surface area (Å²) in [7, 11) is 0. The second-order valence-electron chi connectivity index (χ2n) is 3.67. The minimum Gasteiger partial charge on any atom is -0.372 e. The first-order valence-corrected chi connectivity index (χ1v) is 4.77. The molecule has 2 aliphatic heterocycles. The number of hydrogen-bond donors (Lipinski definition) is 0. The Morgan fingerprint density at radius 1 is 1.38 bits per heavy atom. The van der Waals surface area contributed by atoms with Gasteiger partial charge < -0.3 is 4.74 Å². The van der Waals surface area contributed by atoms with Crippen LogP contribution in [0, 0.1) is 0 Å². The van der Waals surface area contributed by atoms with Gasteiger partial charge in [0, 0.05) is 31.1 Å². The third kappa shape index (κ3) is 2.12. The van der Waals surface area contributed by atoms with E-state index in [9.17, 15) is 0 Å². The molecule has 0 aromatic heterocycles. The van der Waals surface area contributed by atoms with Crippen molar-refractivity contribution in [1.29, 1.82) is 0 Å². The van der Waals surface area contributed by atoms with Crippen LogP contribution in [0.4, 0.5) is 0 Å². The van der Waals surface area contributed by atoms with Gasteiger partial charge in [-0.2, -0.15) is 0 Å². The van der Waals surface area contributed by atoms with Crippen LogP contribution in [0.25, 0.3) is 10.4 Å². The largest absolute Gasteiger partial charge is 0.372 e. The van der Waals surface area contributed by atoms with Crippen LogP contribution in [0.3, 0.4) is 0 Å². The van der Waals surface area contributed by atoms with Gasteiger partial charge in [0.25, 0.3) is 0 Å². The van der Waals surface area contributed by atoms with Crippen molar-refractivity contribution in [2.75, 3.05) is 26.2 Å². The number of ether oxygens (including phenoxy) is 1. The van der Waals surface area contributed by atoms with Crippen LogP contribution >= 0.6 is 0 Å². The van der Waals surface area contributed by atoms with E-state index >= 15 is 0 Å². The fourth-order valence-electron chi connectivity index (χ4n) is 2.11. The van der Waals surface area contributed by atoms with E-state index in [4.69, 9.17) is 10.3 Å². The van der Waals surface area contributed by atoms with E-state index in [1.165, 1.54) is 12.8 Å². The molecule has 0 aliphatic carbocycles. The van der Waals surface area contributed by atoms with Crippen LogP contribution in [0.1, 0.15) is 12.8 Å². The molecule has 13 heavy (non-hydrogen) atoms. The summed E-state index contributed by atoms with van der Waals surface area (Å²) in [6, 6.07) is 0. The average molecular weight is 182 g/mol. The molecule has 2 heterocycles. The van der Waals surface area contributed by atoms with Crippen molar-refractivity contribution >= 4 is 0 Å². The Labute approximate surface area is 77.3 Å². The number of likely N-dealkylation sites (tertiary alicyclic amines) is 1. The van der Waals surface area contributed by atoms with Gasteiger partial charge in [0.1, 0.15) is 0 Å². The average Bonchev–Trinajstić information content (AvgIpc) is 2.46. The van der Waals surface area contributed by atoms with Gasteiger partial charge in [-0.1, -0.05) is 5.11 Å². The highest BCUT2D eigenvalue weighted by Gasteiger charge is 2.32. The lowest BCUT2D eigenvalue weighted by Gasteiger charge is -2.31. The lowest BCUT2D eigenvalue weighted by molar-refractivity contribution is -0.0370. The van der Waals surface area contributed by atoms with Crippen LogP contribution in [0.2, 0.25) is 0 Å². The lowest BCUT2D eigenvalue weighted by atomic mass is 10.2. The van der Waals surface area contributed by atoms with Crippen LogP contribution in [-0.2, 0) is 4.74 Å². The second-order valence-corrected chi connectivity index (χ2v) is 3.67. The van der Waals surface area contributed by atoms with E-state index in [0.717, 1.165) is 19.6 Å². The minimum atomic E-state index is 0.435. The van der Waals surface area contributed by atoms with Crippen LogP contribution < -0.4 is 0 Å². The first-order valence-electron chi connectivity index (χ1n) is 4.77. The molecule has 72 valence electrons. The van der Waals surface area contributed by atoms with Gasteiger partial charge in [-0.15, -0.1) is 0 Å². The zero-order valence-electron chi connectivity index (χ0n) is 7.59. The number of hydrogen-bond acceptors (Lipinski definition) is 3. The summed E-state index contributed by atoms with van der Waals surface area (Å²) in [5, 5.41) is 3.53. The third-order valence-corrected chi connectivity index (χ3v) is 2.70. The third-order valence-electron chi connectivity index (χ3n) is 2.70. The van der Waals surface area contributed by atoms with E-state index in [2.05, 4.69) is 14.9 Å². The van der Waals surface area contributed by atoms with Gasteiger partial charge in [-0.05, 0) is 18.4 Å². The Morgan fingerprint density at radius 3 is 2.69 bits per heavy atom. The minimum absolute atomic E-state index is 0.435. The predicted molar refractivity (Wildman–Crippen MR) is 48.3 cm³/mol. The second kappa shape index (κ2) is 3.96. The van der Waals surface area contributed by atoms with Gasteiger partial charge in [0.05, 0.1) is 12.2 Å². The van der Waals surface area contributed by atoms with Crippen LogP contribution in [0.15, 0.2) is 5.11 Å². The molecule has 2 rings (SSSR count). The van der Waals surface area contributed by atoms with E-state index in [1.54, 1.807) is 0 Å². The number of rotatable bonds is 3. The summed E-state index contributed by atoms with van der Waals surface area (Å²) < 4.78 is 5.69. The molecule has 5 nitrogen and oxygen atoms in total. The molecule has 0 saturated carbocycles. The molecule has 5 heteroatoms. The number of azide groups is 1. The predicted octanol–water partition coefficient (Wildman–Crippen LogP) is 1.16. The first kappa shape index (κ1) is 8.81. The van der Waals surface area contributed by atoms with Crippen LogP contribution in [0.5, 0.6) is 0 Å². The highest BCUT2D eigenvalue weighted by Crippen LogP contribution is 2.25. The molecule has 2 aliphatic rings. The Bertz CT molecular complexity index is 214. The molecule has 2 saturated heterocycles. The van der Waals surface area contributed by atoms with Gasteiger partial charge in [0.2, 0.25) is 0 Å². The smallest absolute Gasteiger partial charge is 0.0707 e. The molecule has 2 fully saturated rings. The fourth-order valence-corrected chi connectivity index (χ4v) is 2.11. The normalized spacial score (nSPS) is 32.9. The monoisotopic (exact) mass is 182 g/mol. The zero-order chi connectivity index (χ0) is 9.10. The highest BCUT2D eigenvalue weighted by atomic mass is 16.5. The van der Waals surface area contributed by atoms with E-state index in [1.807, 2.05) is 0 Å². The molecule has 0 amide bonds. The maximum atomic E-state index is 8.13. The molecule has 0 spiro atoms. The summed E-state index contributed by atoms with van der Waals surface area (Å²) >= 11 is 0. The molecule has 0 radical (unpaired) electrons. The number of morpholine rings is 1. The molecule has 2 bridgehead atoms. The van der Waals surface area contributed by atoms with Gasteiger partial charge in [0.15, 0.2) is 0 Å². The Kier molecular flexibility index (Phi) is 2.68. The van der Waals surface area contributed by atoms with E-state index in [0.29, 0.717) is 18.8 Å². The van der Waals surface area contributed by atoms with Crippen molar-refractivity contribution in [2.45, 2.75) is 25.0 Å². The molecule has 2 atom stereocenters. The number of fused-ring (bicyclic) bond motifs is 2. The summed E-state index contributed by atoms with van der Waals surface area (Å²) in [5.74, 6) is 0. The van der Waals surface area contributed by atoms with E-state index in [-0.39, 0.29) is 0 Å². The van der Waals surface area contributed by atoms with Crippen molar-refractivity contribution in [3.63, 3.8) is 0 Å². The quantitative estimate of drug-likeness (QED) is 0.373. The Balaban J connectivity index is 1.78. The standard InChI is InChI=1S/C8H14N4O/c9-11-10-3-4-12-5-7-1-2-8(6-12)13-7/h7-8H,1-6H2. The van der Waals surface area contributed by atoms with Gasteiger partial charge in [-0.3, -0.25) is 4.90 Å². The molecular formula is C8H14N4O. The van der Waals surface area contributed by atoms with Crippen molar-refractivity contribution in [1.82, 2.24) is 4.90 Å². The number of nitrogens with zero attached hydrogens (tertiary/aromatic N) is 4. The Morgan fingerprint density at radius 2 is 2.08 bits per heavy atom. The lowest BCUT2D eigenvalue weighted by Crippen LogP contribution is -2.43. The fraction of sp³-hybridized carbons (Fsp3) is 1.00. The summed E-state index contributed by atoms with van der Waals surface area (Å²) in [6.07, 6.45) is 3.26. The van der Waals surface area contributed by atoms with Gasteiger partial charge >= 0.3 is 0 Å². The summed E-state index contributed by atoms with van der Waals surface area (Å²) in [5.41, 5.74) is 8.13. The molecule has 0 aromatic carbocycles. The topological polar surface area (TPSA) is 61.2 Å². The van der Waals surface area contributed by atoms with Crippen molar-refractivity contribution in [2.24, 2.45) is 5.11 Å². The van der Waals surface area contributed by atoms with Crippen molar-refractivity contribution < 1.29 is 4.74 Å². The zero-order valence-corrected chi connectivity index (χ0v) is 7.59. The molecule has 0 aromatic rings.